The van der Waals surface area contributed by atoms with E-state index in [1.807, 2.05) is 24.7 Å². The summed E-state index contributed by atoms with van der Waals surface area (Å²) in [4.78, 5) is 0. The Balaban J connectivity index is 1.55. The van der Waals surface area contributed by atoms with Gasteiger partial charge in [0.1, 0.15) is 5.60 Å². The molecule has 2 saturated heterocycles. The topological polar surface area (TPSA) is 69.4 Å². The van der Waals surface area contributed by atoms with Crippen molar-refractivity contribution in [2.75, 3.05) is 19.8 Å². The van der Waals surface area contributed by atoms with Crippen molar-refractivity contribution >= 4 is 0 Å². The molecule has 1 spiro atoms. The van der Waals surface area contributed by atoms with Crippen molar-refractivity contribution in [1.29, 1.82) is 0 Å². The number of aliphatic hydroxyl groups excluding tert-OH is 1. The van der Waals surface area contributed by atoms with Crippen molar-refractivity contribution in [1.82, 2.24) is 15.0 Å². The molecule has 2 fully saturated rings. The van der Waals surface area contributed by atoms with E-state index < -0.39 is 0 Å². The molecule has 0 aromatic carbocycles. The number of ether oxygens (including phenoxy) is 2. The van der Waals surface area contributed by atoms with E-state index in [9.17, 15) is 5.11 Å². The van der Waals surface area contributed by atoms with E-state index in [1.54, 1.807) is 0 Å². The van der Waals surface area contributed by atoms with Crippen LogP contribution in [0.25, 0.3) is 0 Å². The molecule has 6 nitrogen and oxygen atoms in total. The van der Waals surface area contributed by atoms with Gasteiger partial charge in [0.05, 0.1) is 31.6 Å². The molecule has 2 aliphatic heterocycles. The monoisotopic (exact) mass is 281 g/mol. The Bertz CT molecular complexity index is 468. The molecule has 0 bridgehead atoms. The van der Waals surface area contributed by atoms with E-state index in [2.05, 4.69) is 10.3 Å². The Morgan fingerprint density at radius 3 is 2.90 bits per heavy atom. The van der Waals surface area contributed by atoms with Crippen LogP contribution in [0.3, 0.4) is 0 Å². The molecule has 0 saturated carbocycles. The maximum Gasteiger partial charge on any atom is 0.115 e. The standard InChI is InChI=1S/C14H23N3O3/c1-13(2,8-18)5-11-6-17(16-15-11)7-12-3-4-14(20-12)9-19-10-14/h6,12,18H,3-5,7-10H2,1-2H3. The first kappa shape index (κ1) is 14.0. The van der Waals surface area contributed by atoms with Crippen LogP contribution in [-0.4, -0.2) is 51.6 Å². The fourth-order valence-electron chi connectivity index (χ4n) is 2.83. The van der Waals surface area contributed by atoms with Gasteiger partial charge in [0.25, 0.3) is 0 Å². The molecule has 1 aromatic rings. The van der Waals surface area contributed by atoms with Crippen LogP contribution in [0.4, 0.5) is 0 Å². The van der Waals surface area contributed by atoms with Crippen LogP contribution < -0.4 is 0 Å². The van der Waals surface area contributed by atoms with Gasteiger partial charge in [-0.3, -0.25) is 0 Å². The lowest BCUT2D eigenvalue weighted by Crippen LogP contribution is -2.49. The molecule has 6 heteroatoms. The fourth-order valence-corrected chi connectivity index (χ4v) is 2.83. The molecule has 1 N–H and O–H groups in total. The number of hydrogen-bond donors (Lipinski definition) is 1. The van der Waals surface area contributed by atoms with Crippen molar-refractivity contribution in [3.05, 3.63) is 11.9 Å². The van der Waals surface area contributed by atoms with E-state index in [1.165, 1.54) is 0 Å². The Morgan fingerprint density at radius 2 is 2.30 bits per heavy atom. The molecule has 3 rings (SSSR count). The SMILES string of the molecule is CC(C)(CO)Cc1cn(CC2CCC3(COC3)O2)nn1. The highest BCUT2D eigenvalue weighted by atomic mass is 16.6. The van der Waals surface area contributed by atoms with Gasteiger partial charge < -0.3 is 14.6 Å². The van der Waals surface area contributed by atoms with Crippen LogP contribution in [0.5, 0.6) is 0 Å². The second-order valence-corrected chi connectivity index (χ2v) is 6.89. The van der Waals surface area contributed by atoms with Crippen molar-refractivity contribution in [2.24, 2.45) is 5.41 Å². The smallest absolute Gasteiger partial charge is 0.115 e. The molecule has 2 aliphatic rings. The molecular formula is C14H23N3O3. The number of aliphatic hydroxyl groups is 1. The number of aromatic nitrogens is 3. The van der Waals surface area contributed by atoms with E-state index in [0.717, 1.165) is 44.7 Å². The summed E-state index contributed by atoms with van der Waals surface area (Å²) in [6.07, 6.45) is 5.03. The van der Waals surface area contributed by atoms with Crippen molar-refractivity contribution in [3.8, 4) is 0 Å². The second kappa shape index (κ2) is 5.09. The van der Waals surface area contributed by atoms with Gasteiger partial charge in [-0.2, -0.15) is 0 Å². The Kier molecular flexibility index (Phi) is 3.56. The highest BCUT2D eigenvalue weighted by Gasteiger charge is 2.46. The Hall–Kier alpha value is -0.980. The number of hydrogen-bond acceptors (Lipinski definition) is 5. The third-order valence-electron chi connectivity index (χ3n) is 4.13. The van der Waals surface area contributed by atoms with Crippen molar-refractivity contribution < 1.29 is 14.6 Å². The summed E-state index contributed by atoms with van der Waals surface area (Å²) in [5, 5.41) is 17.6. The molecule has 1 aromatic heterocycles. The van der Waals surface area contributed by atoms with Gasteiger partial charge in [-0.1, -0.05) is 19.1 Å². The highest BCUT2D eigenvalue weighted by molar-refractivity contribution is 4.98. The molecule has 1 unspecified atom stereocenters. The Labute approximate surface area is 119 Å². The predicted molar refractivity (Wildman–Crippen MR) is 72.2 cm³/mol. The molecule has 20 heavy (non-hydrogen) atoms. The van der Waals surface area contributed by atoms with Crippen LogP contribution in [0.2, 0.25) is 0 Å². The summed E-state index contributed by atoms with van der Waals surface area (Å²) in [5.74, 6) is 0. The zero-order valence-corrected chi connectivity index (χ0v) is 12.2. The van der Waals surface area contributed by atoms with Crippen LogP contribution in [0.15, 0.2) is 6.20 Å². The average Bonchev–Trinajstić information content (AvgIpc) is 2.96. The quantitative estimate of drug-likeness (QED) is 0.864. The Morgan fingerprint density at radius 1 is 1.50 bits per heavy atom. The maximum atomic E-state index is 9.30. The normalized spacial score (nSPS) is 25.1. The third kappa shape index (κ3) is 2.87. The molecular weight excluding hydrogens is 258 g/mol. The lowest BCUT2D eigenvalue weighted by molar-refractivity contribution is -0.201. The predicted octanol–water partition coefficient (Wildman–Crippen LogP) is 0.787. The number of rotatable bonds is 5. The van der Waals surface area contributed by atoms with Gasteiger partial charge >= 0.3 is 0 Å². The van der Waals surface area contributed by atoms with Crippen LogP contribution in [-0.2, 0) is 22.4 Å². The second-order valence-electron chi connectivity index (χ2n) is 6.89. The minimum Gasteiger partial charge on any atom is -0.396 e. The molecule has 3 heterocycles. The lowest BCUT2D eigenvalue weighted by atomic mass is 9.89. The molecule has 0 amide bonds. The lowest BCUT2D eigenvalue weighted by Gasteiger charge is -2.37. The molecule has 1 atom stereocenters. The van der Waals surface area contributed by atoms with Crippen LogP contribution in [0.1, 0.15) is 32.4 Å². The van der Waals surface area contributed by atoms with Gasteiger partial charge in [0.2, 0.25) is 0 Å². The fraction of sp³-hybridized carbons (Fsp3) is 0.857. The third-order valence-corrected chi connectivity index (χ3v) is 4.13. The summed E-state index contributed by atoms with van der Waals surface area (Å²) in [7, 11) is 0. The first-order chi connectivity index (χ1) is 9.50. The molecule has 112 valence electrons. The summed E-state index contributed by atoms with van der Waals surface area (Å²) in [5.41, 5.74) is 0.758. The zero-order chi connectivity index (χ0) is 14.2. The summed E-state index contributed by atoms with van der Waals surface area (Å²) >= 11 is 0. The van der Waals surface area contributed by atoms with Crippen molar-refractivity contribution in [2.45, 2.75) is 51.4 Å². The van der Waals surface area contributed by atoms with Crippen molar-refractivity contribution in [3.63, 3.8) is 0 Å². The number of nitrogens with zero attached hydrogens (tertiary/aromatic N) is 3. The molecule has 0 radical (unpaired) electrons. The summed E-state index contributed by atoms with van der Waals surface area (Å²) in [6.45, 7) is 6.40. The van der Waals surface area contributed by atoms with Gasteiger partial charge in [0, 0.05) is 19.2 Å². The highest BCUT2D eigenvalue weighted by Crippen LogP contribution is 2.36. The van der Waals surface area contributed by atoms with E-state index in [4.69, 9.17) is 9.47 Å². The van der Waals surface area contributed by atoms with E-state index in [0.29, 0.717) is 0 Å². The van der Waals surface area contributed by atoms with Gasteiger partial charge in [-0.15, -0.1) is 5.10 Å². The van der Waals surface area contributed by atoms with Crippen LogP contribution in [0, 0.1) is 5.41 Å². The zero-order valence-electron chi connectivity index (χ0n) is 12.2. The van der Waals surface area contributed by atoms with E-state index in [-0.39, 0.29) is 23.7 Å². The first-order valence-corrected chi connectivity index (χ1v) is 7.26. The van der Waals surface area contributed by atoms with Gasteiger partial charge in [-0.25, -0.2) is 4.68 Å². The minimum atomic E-state index is -0.155. The first-order valence-electron chi connectivity index (χ1n) is 7.26. The van der Waals surface area contributed by atoms with Crippen LogP contribution >= 0.6 is 0 Å². The maximum absolute atomic E-state index is 9.30. The average molecular weight is 281 g/mol. The van der Waals surface area contributed by atoms with Gasteiger partial charge in [-0.05, 0) is 18.3 Å². The summed E-state index contributed by atoms with van der Waals surface area (Å²) in [6, 6.07) is 0. The minimum absolute atomic E-state index is 0.00699. The van der Waals surface area contributed by atoms with Gasteiger partial charge in [0.15, 0.2) is 0 Å². The largest absolute Gasteiger partial charge is 0.396 e. The van der Waals surface area contributed by atoms with E-state index >= 15 is 0 Å². The summed E-state index contributed by atoms with van der Waals surface area (Å²) < 4.78 is 13.2. The molecule has 0 aliphatic carbocycles.